The minimum absolute atomic E-state index is 0. The van der Waals surface area contributed by atoms with Crippen LogP contribution >= 0.6 is 24.0 Å². The maximum atomic E-state index is 5.99. The average Bonchev–Trinajstić information content (AvgIpc) is 2.56. The Kier molecular flexibility index (Phi) is 8.53. The molecule has 1 unspecified atom stereocenters. The Morgan fingerprint density at radius 3 is 2.50 bits per heavy atom. The van der Waals surface area contributed by atoms with Crippen LogP contribution in [0.2, 0.25) is 0 Å². The number of rotatable bonds is 6. The molecule has 1 heterocycles. The van der Waals surface area contributed by atoms with E-state index in [2.05, 4.69) is 35.2 Å². The Bertz CT molecular complexity index is 629. The first-order chi connectivity index (χ1) is 11.1. The number of hydrogen-bond donors (Lipinski definition) is 2. The fourth-order valence-corrected chi connectivity index (χ4v) is 2.35. The quantitative estimate of drug-likeness (QED) is 0.407. The highest BCUT2D eigenvalue weighted by atomic mass is 127. The number of pyridine rings is 1. The average molecular weight is 440 g/mol. The summed E-state index contributed by atoms with van der Waals surface area (Å²) in [4.78, 5) is 8.68. The second kappa shape index (κ2) is 10.1. The van der Waals surface area contributed by atoms with Crippen LogP contribution < -0.4 is 15.8 Å². The van der Waals surface area contributed by atoms with Crippen molar-refractivity contribution in [2.45, 2.75) is 19.8 Å². The molecule has 0 fully saturated rings. The second-order valence-corrected chi connectivity index (χ2v) is 5.72. The van der Waals surface area contributed by atoms with Gasteiger partial charge in [-0.3, -0.25) is 9.98 Å². The number of halogens is 1. The topological polar surface area (TPSA) is 72.5 Å². The molecule has 0 bridgehead atoms. The summed E-state index contributed by atoms with van der Waals surface area (Å²) in [7, 11) is 1.64. The lowest BCUT2D eigenvalue weighted by Gasteiger charge is -2.19. The van der Waals surface area contributed by atoms with Crippen molar-refractivity contribution in [2.24, 2.45) is 16.6 Å². The number of anilines is 1. The van der Waals surface area contributed by atoms with Gasteiger partial charge < -0.3 is 15.8 Å². The zero-order valence-corrected chi connectivity index (χ0v) is 16.6. The predicted molar refractivity (Wildman–Crippen MR) is 110 cm³/mol. The van der Waals surface area contributed by atoms with Crippen molar-refractivity contribution in [1.29, 1.82) is 0 Å². The molecule has 24 heavy (non-hydrogen) atoms. The van der Waals surface area contributed by atoms with Gasteiger partial charge in [0, 0.05) is 30.5 Å². The molecule has 6 heteroatoms. The number of aliphatic imine (C=N–C) groups is 1. The molecule has 0 saturated heterocycles. The van der Waals surface area contributed by atoms with Crippen LogP contribution in [-0.4, -0.2) is 24.6 Å². The van der Waals surface area contributed by atoms with Gasteiger partial charge in [0.25, 0.3) is 0 Å². The van der Waals surface area contributed by atoms with E-state index in [1.807, 2.05) is 36.5 Å². The molecule has 1 aromatic heterocycles. The first kappa shape index (κ1) is 20.2. The van der Waals surface area contributed by atoms with Gasteiger partial charge in [-0.1, -0.05) is 19.9 Å². The predicted octanol–water partition coefficient (Wildman–Crippen LogP) is 3.87. The van der Waals surface area contributed by atoms with Gasteiger partial charge in [0.15, 0.2) is 5.96 Å². The molecule has 0 aliphatic carbocycles. The normalized spacial score (nSPS) is 12.4. The van der Waals surface area contributed by atoms with Crippen molar-refractivity contribution in [3.05, 3.63) is 54.4 Å². The molecule has 2 aromatic rings. The SMILES string of the molecule is COc1ccc(NC(N)=NCC(c2cccnc2)C(C)C)cc1.I. The molecule has 130 valence electrons. The largest absolute Gasteiger partial charge is 0.497 e. The first-order valence-electron chi connectivity index (χ1n) is 7.71. The maximum absolute atomic E-state index is 5.99. The van der Waals surface area contributed by atoms with Crippen LogP contribution in [0.15, 0.2) is 53.8 Å². The van der Waals surface area contributed by atoms with Crippen molar-refractivity contribution in [2.75, 3.05) is 19.0 Å². The Labute approximate surface area is 160 Å². The van der Waals surface area contributed by atoms with E-state index in [4.69, 9.17) is 10.5 Å². The van der Waals surface area contributed by atoms with E-state index < -0.39 is 0 Å². The van der Waals surface area contributed by atoms with Gasteiger partial charge in [-0.25, -0.2) is 0 Å². The van der Waals surface area contributed by atoms with Gasteiger partial charge in [0.2, 0.25) is 0 Å². The number of guanidine groups is 1. The van der Waals surface area contributed by atoms with E-state index in [-0.39, 0.29) is 24.0 Å². The van der Waals surface area contributed by atoms with E-state index in [1.54, 1.807) is 13.3 Å². The highest BCUT2D eigenvalue weighted by molar-refractivity contribution is 14.0. The monoisotopic (exact) mass is 440 g/mol. The van der Waals surface area contributed by atoms with Crippen molar-refractivity contribution < 1.29 is 4.74 Å². The summed E-state index contributed by atoms with van der Waals surface area (Å²) < 4.78 is 5.13. The smallest absolute Gasteiger partial charge is 0.193 e. The summed E-state index contributed by atoms with van der Waals surface area (Å²) in [5, 5.41) is 3.10. The highest BCUT2D eigenvalue weighted by Crippen LogP contribution is 2.24. The Morgan fingerprint density at radius 1 is 1.25 bits per heavy atom. The summed E-state index contributed by atoms with van der Waals surface area (Å²) in [6, 6.07) is 11.6. The van der Waals surface area contributed by atoms with Crippen LogP contribution in [0.5, 0.6) is 5.75 Å². The Hall–Kier alpha value is -1.83. The minimum Gasteiger partial charge on any atom is -0.497 e. The van der Waals surface area contributed by atoms with Gasteiger partial charge in [-0.05, 0) is 41.8 Å². The van der Waals surface area contributed by atoms with Gasteiger partial charge in [-0.2, -0.15) is 0 Å². The van der Waals surface area contributed by atoms with Gasteiger partial charge >= 0.3 is 0 Å². The number of nitrogens with two attached hydrogens (primary N) is 1. The lowest BCUT2D eigenvalue weighted by molar-refractivity contribution is 0.415. The van der Waals surface area contributed by atoms with E-state index >= 15 is 0 Å². The number of ether oxygens (including phenoxy) is 1. The molecule has 0 aliphatic rings. The van der Waals surface area contributed by atoms with Crippen LogP contribution in [-0.2, 0) is 0 Å². The third kappa shape index (κ3) is 5.99. The summed E-state index contributed by atoms with van der Waals surface area (Å²) in [5.74, 6) is 1.96. The number of hydrogen-bond acceptors (Lipinski definition) is 3. The molecular weight excluding hydrogens is 415 g/mol. The van der Waals surface area contributed by atoms with Crippen molar-refractivity contribution in [3.63, 3.8) is 0 Å². The number of nitrogens with zero attached hydrogens (tertiary/aromatic N) is 2. The van der Waals surface area contributed by atoms with E-state index in [0.29, 0.717) is 24.3 Å². The van der Waals surface area contributed by atoms with Gasteiger partial charge in [-0.15, -0.1) is 24.0 Å². The maximum Gasteiger partial charge on any atom is 0.193 e. The zero-order chi connectivity index (χ0) is 16.7. The lowest BCUT2D eigenvalue weighted by Crippen LogP contribution is -2.24. The zero-order valence-electron chi connectivity index (χ0n) is 14.3. The third-order valence-electron chi connectivity index (χ3n) is 3.74. The standard InChI is InChI=1S/C18H24N4O.HI/c1-13(2)17(14-5-4-10-20-11-14)12-21-18(19)22-15-6-8-16(23-3)9-7-15;/h4-11,13,17H,12H2,1-3H3,(H3,19,21,22);1H. The summed E-state index contributed by atoms with van der Waals surface area (Å²) in [5.41, 5.74) is 8.06. The summed E-state index contributed by atoms with van der Waals surface area (Å²) in [6.45, 7) is 4.99. The molecular formula is C18H25IN4O. The molecule has 0 aliphatic heterocycles. The summed E-state index contributed by atoms with van der Waals surface area (Å²) >= 11 is 0. The molecule has 0 saturated carbocycles. The van der Waals surface area contributed by atoms with Crippen molar-refractivity contribution >= 4 is 35.6 Å². The van der Waals surface area contributed by atoms with Crippen molar-refractivity contribution in [1.82, 2.24) is 4.98 Å². The number of methoxy groups -OCH3 is 1. The van der Waals surface area contributed by atoms with Crippen LogP contribution in [0.25, 0.3) is 0 Å². The van der Waals surface area contributed by atoms with Gasteiger partial charge in [0.05, 0.1) is 7.11 Å². The van der Waals surface area contributed by atoms with E-state index in [0.717, 1.165) is 11.4 Å². The number of benzene rings is 1. The first-order valence-corrected chi connectivity index (χ1v) is 7.71. The number of nitrogens with one attached hydrogen (secondary N) is 1. The molecule has 1 aromatic carbocycles. The van der Waals surface area contributed by atoms with Crippen LogP contribution in [0.1, 0.15) is 25.3 Å². The fraction of sp³-hybridized carbons (Fsp3) is 0.333. The molecule has 0 radical (unpaired) electrons. The van der Waals surface area contributed by atoms with Crippen molar-refractivity contribution in [3.8, 4) is 5.75 Å². The lowest BCUT2D eigenvalue weighted by atomic mass is 9.89. The van der Waals surface area contributed by atoms with Crippen LogP contribution in [0, 0.1) is 5.92 Å². The van der Waals surface area contributed by atoms with Crippen LogP contribution in [0.3, 0.4) is 0 Å². The van der Waals surface area contributed by atoms with Gasteiger partial charge in [0.1, 0.15) is 5.75 Å². The molecule has 3 N–H and O–H groups in total. The van der Waals surface area contributed by atoms with Crippen LogP contribution in [0.4, 0.5) is 5.69 Å². The fourth-order valence-electron chi connectivity index (χ4n) is 2.35. The minimum atomic E-state index is 0. The van der Waals surface area contributed by atoms with E-state index in [1.165, 1.54) is 5.56 Å². The second-order valence-electron chi connectivity index (χ2n) is 5.72. The summed E-state index contributed by atoms with van der Waals surface area (Å²) in [6.07, 6.45) is 3.68. The van der Waals surface area contributed by atoms with E-state index in [9.17, 15) is 0 Å². The third-order valence-corrected chi connectivity index (χ3v) is 3.74. The molecule has 2 rings (SSSR count). The number of aromatic nitrogens is 1. The molecule has 1 atom stereocenters. The molecule has 5 nitrogen and oxygen atoms in total. The highest BCUT2D eigenvalue weighted by Gasteiger charge is 2.15. The molecule has 0 amide bonds. The Balaban J connectivity index is 0.00000288. The molecule has 0 spiro atoms. The Morgan fingerprint density at radius 2 is 1.96 bits per heavy atom.